The van der Waals surface area contributed by atoms with E-state index in [1.165, 1.54) is 31.2 Å². The maximum absolute atomic E-state index is 5.76. The van der Waals surface area contributed by atoms with Crippen LogP contribution < -0.4 is 10.1 Å². The van der Waals surface area contributed by atoms with Gasteiger partial charge in [0.1, 0.15) is 5.75 Å². The third kappa shape index (κ3) is 3.60. The molecule has 4 atom stereocenters. The molecule has 1 N–H and O–H groups in total. The highest BCUT2D eigenvalue weighted by molar-refractivity contribution is 5.29. The second kappa shape index (κ2) is 6.39. The zero-order chi connectivity index (χ0) is 14.8. The van der Waals surface area contributed by atoms with E-state index in [9.17, 15) is 0 Å². The molecular formula is C19H29NO. The van der Waals surface area contributed by atoms with Crippen LogP contribution >= 0.6 is 0 Å². The molecule has 3 rings (SSSR count). The van der Waals surface area contributed by atoms with Crippen molar-refractivity contribution in [2.45, 2.75) is 58.5 Å². The predicted molar refractivity (Wildman–Crippen MR) is 87.6 cm³/mol. The first-order valence-corrected chi connectivity index (χ1v) is 8.60. The molecular weight excluding hydrogens is 258 g/mol. The van der Waals surface area contributed by atoms with Crippen LogP contribution in [0.3, 0.4) is 0 Å². The Morgan fingerprint density at radius 3 is 2.43 bits per heavy atom. The maximum atomic E-state index is 5.76. The van der Waals surface area contributed by atoms with Crippen LogP contribution in [0.2, 0.25) is 0 Å². The molecule has 2 fully saturated rings. The van der Waals surface area contributed by atoms with Gasteiger partial charge in [0.05, 0.1) is 6.61 Å². The van der Waals surface area contributed by atoms with E-state index < -0.39 is 0 Å². The van der Waals surface area contributed by atoms with Gasteiger partial charge < -0.3 is 10.1 Å². The number of hydrogen-bond donors (Lipinski definition) is 1. The summed E-state index contributed by atoms with van der Waals surface area (Å²) in [5, 5.41) is 3.86. The third-order valence-electron chi connectivity index (χ3n) is 5.17. The first-order valence-electron chi connectivity index (χ1n) is 8.60. The summed E-state index contributed by atoms with van der Waals surface area (Å²) >= 11 is 0. The molecule has 4 unspecified atom stereocenters. The van der Waals surface area contributed by atoms with Crippen molar-refractivity contribution in [1.82, 2.24) is 5.32 Å². The smallest absolute Gasteiger partial charge is 0.119 e. The lowest BCUT2D eigenvalue weighted by Crippen LogP contribution is -2.35. The summed E-state index contributed by atoms with van der Waals surface area (Å²) in [5.74, 6) is 3.50. The standard InChI is InChI=1S/C19H29NO/c1-13(2)12-21-18-8-6-16(7-9-18)14(3)20-19-11-15-4-5-17(19)10-15/h6-9,13-15,17,19-20H,4-5,10-12H2,1-3H3. The molecule has 1 aromatic rings. The molecule has 1 aromatic carbocycles. The van der Waals surface area contributed by atoms with Crippen molar-refractivity contribution in [3.8, 4) is 5.75 Å². The average Bonchev–Trinajstić information content (AvgIpc) is 3.08. The van der Waals surface area contributed by atoms with Gasteiger partial charge in [-0.1, -0.05) is 32.4 Å². The molecule has 116 valence electrons. The van der Waals surface area contributed by atoms with Gasteiger partial charge in [-0.3, -0.25) is 0 Å². The van der Waals surface area contributed by atoms with Crippen LogP contribution in [0.4, 0.5) is 0 Å². The minimum Gasteiger partial charge on any atom is -0.493 e. The van der Waals surface area contributed by atoms with Gasteiger partial charge in [0.25, 0.3) is 0 Å². The highest BCUT2D eigenvalue weighted by atomic mass is 16.5. The van der Waals surface area contributed by atoms with Gasteiger partial charge in [-0.15, -0.1) is 0 Å². The number of nitrogens with one attached hydrogen (secondary N) is 1. The van der Waals surface area contributed by atoms with E-state index >= 15 is 0 Å². The van der Waals surface area contributed by atoms with E-state index in [1.54, 1.807) is 0 Å². The van der Waals surface area contributed by atoms with Crippen LogP contribution in [-0.2, 0) is 0 Å². The van der Waals surface area contributed by atoms with Gasteiger partial charge in [0.15, 0.2) is 0 Å². The molecule has 2 aliphatic carbocycles. The van der Waals surface area contributed by atoms with Gasteiger partial charge in [-0.05, 0) is 61.6 Å². The summed E-state index contributed by atoms with van der Waals surface area (Å²) in [5.41, 5.74) is 1.37. The molecule has 0 radical (unpaired) electrons. The third-order valence-corrected chi connectivity index (χ3v) is 5.17. The van der Waals surface area contributed by atoms with Crippen molar-refractivity contribution in [1.29, 1.82) is 0 Å². The van der Waals surface area contributed by atoms with Gasteiger partial charge in [0.2, 0.25) is 0 Å². The Morgan fingerprint density at radius 1 is 1.10 bits per heavy atom. The minimum absolute atomic E-state index is 0.438. The molecule has 0 amide bonds. The van der Waals surface area contributed by atoms with Crippen molar-refractivity contribution in [2.24, 2.45) is 17.8 Å². The lowest BCUT2D eigenvalue weighted by atomic mass is 9.94. The highest BCUT2D eigenvalue weighted by Gasteiger charge is 2.39. The van der Waals surface area contributed by atoms with E-state index in [2.05, 4.69) is 50.4 Å². The number of ether oxygens (including phenoxy) is 1. The average molecular weight is 287 g/mol. The molecule has 2 heteroatoms. The topological polar surface area (TPSA) is 21.3 Å². The van der Waals surface area contributed by atoms with Crippen LogP contribution in [0.5, 0.6) is 5.75 Å². The molecule has 2 nitrogen and oxygen atoms in total. The van der Waals surface area contributed by atoms with E-state index in [0.29, 0.717) is 12.0 Å². The molecule has 0 aliphatic heterocycles. The Morgan fingerprint density at radius 2 is 1.86 bits per heavy atom. The molecule has 21 heavy (non-hydrogen) atoms. The van der Waals surface area contributed by atoms with Crippen molar-refractivity contribution in [3.05, 3.63) is 29.8 Å². The molecule has 0 saturated heterocycles. The Bertz CT molecular complexity index is 453. The second-order valence-corrected chi connectivity index (χ2v) is 7.44. The van der Waals surface area contributed by atoms with Crippen LogP contribution in [0, 0.1) is 17.8 Å². The number of fused-ring (bicyclic) bond motifs is 2. The van der Waals surface area contributed by atoms with Crippen molar-refractivity contribution in [2.75, 3.05) is 6.61 Å². The summed E-state index contributed by atoms with van der Waals surface area (Å²) in [4.78, 5) is 0. The van der Waals surface area contributed by atoms with E-state index in [-0.39, 0.29) is 0 Å². The maximum Gasteiger partial charge on any atom is 0.119 e. The first-order chi connectivity index (χ1) is 10.1. The molecule has 0 spiro atoms. The zero-order valence-corrected chi connectivity index (χ0v) is 13.6. The van der Waals surface area contributed by atoms with E-state index in [4.69, 9.17) is 4.74 Å². The quantitative estimate of drug-likeness (QED) is 0.828. The summed E-state index contributed by atoms with van der Waals surface area (Å²) in [7, 11) is 0. The summed E-state index contributed by atoms with van der Waals surface area (Å²) in [6.45, 7) is 7.43. The number of benzene rings is 1. The number of rotatable bonds is 6. The minimum atomic E-state index is 0.438. The van der Waals surface area contributed by atoms with Gasteiger partial charge in [-0.2, -0.15) is 0 Å². The van der Waals surface area contributed by atoms with E-state index in [1.807, 2.05) is 0 Å². The fraction of sp³-hybridized carbons (Fsp3) is 0.684. The van der Waals surface area contributed by atoms with E-state index in [0.717, 1.165) is 30.2 Å². The van der Waals surface area contributed by atoms with Crippen LogP contribution in [0.25, 0.3) is 0 Å². The summed E-state index contributed by atoms with van der Waals surface area (Å²) in [6, 6.07) is 9.82. The lowest BCUT2D eigenvalue weighted by molar-refractivity contribution is 0.271. The molecule has 2 aliphatic rings. The lowest BCUT2D eigenvalue weighted by Gasteiger charge is -2.27. The molecule has 0 heterocycles. The number of hydrogen-bond acceptors (Lipinski definition) is 2. The molecule has 2 saturated carbocycles. The fourth-order valence-corrected chi connectivity index (χ4v) is 3.98. The van der Waals surface area contributed by atoms with Gasteiger partial charge in [0, 0.05) is 12.1 Å². The SMILES string of the molecule is CC(C)COc1ccc(C(C)NC2CC3CCC2C3)cc1. The van der Waals surface area contributed by atoms with Crippen molar-refractivity contribution in [3.63, 3.8) is 0 Å². The van der Waals surface area contributed by atoms with Crippen LogP contribution in [0.1, 0.15) is 58.1 Å². The second-order valence-electron chi connectivity index (χ2n) is 7.44. The van der Waals surface area contributed by atoms with Gasteiger partial charge >= 0.3 is 0 Å². The van der Waals surface area contributed by atoms with Crippen LogP contribution in [0.15, 0.2) is 24.3 Å². The Kier molecular flexibility index (Phi) is 4.54. The highest BCUT2D eigenvalue weighted by Crippen LogP contribution is 2.45. The monoisotopic (exact) mass is 287 g/mol. The zero-order valence-electron chi connectivity index (χ0n) is 13.6. The Balaban J connectivity index is 1.53. The summed E-state index contributed by atoms with van der Waals surface area (Å²) in [6.07, 6.45) is 5.77. The molecule has 2 bridgehead atoms. The fourth-order valence-electron chi connectivity index (χ4n) is 3.98. The van der Waals surface area contributed by atoms with Crippen molar-refractivity contribution >= 4 is 0 Å². The van der Waals surface area contributed by atoms with Crippen LogP contribution in [-0.4, -0.2) is 12.6 Å². The largest absolute Gasteiger partial charge is 0.493 e. The summed E-state index contributed by atoms with van der Waals surface area (Å²) < 4.78 is 5.76. The Hall–Kier alpha value is -1.02. The molecule has 0 aromatic heterocycles. The normalized spacial score (nSPS) is 29.0. The predicted octanol–water partition coefficient (Wildman–Crippen LogP) is 4.56. The van der Waals surface area contributed by atoms with Gasteiger partial charge in [-0.25, -0.2) is 0 Å². The first kappa shape index (κ1) is 14.9. The Labute approximate surface area is 129 Å². The van der Waals surface area contributed by atoms with Crippen molar-refractivity contribution < 1.29 is 4.74 Å².